The molecule has 1 saturated heterocycles. The number of sulfone groups is 1. The summed E-state index contributed by atoms with van der Waals surface area (Å²) >= 11 is 0. The van der Waals surface area contributed by atoms with E-state index >= 15 is 0 Å². The zero-order chi connectivity index (χ0) is 26.0. The lowest BCUT2D eigenvalue weighted by atomic mass is 10.2. The van der Waals surface area contributed by atoms with Crippen molar-refractivity contribution < 1.29 is 12.8 Å². The summed E-state index contributed by atoms with van der Waals surface area (Å²) in [7, 11) is -1.98. The van der Waals surface area contributed by atoms with Gasteiger partial charge in [-0.3, -0.25) is 10.1 Å². The molecule has 11 nitrogen and oxygen atoms in total. The summed E-state index contributed by atoms with van der Waals surface area (Å²) in [5.41, 5.74) is 2.75. The molecule has 0 spiro atoms. The molecule has 1 aliphatic rings. The number of halogens is 1. The average Bonchev–Trinajstić information content (AvgIpc) is 3.57. The van der Waals surface area contributed by atoms with Crippen LogP contribution >= 0.6 is 0 Å². The highest BCUT2D eigenvalue weighted by molar-refractivity contribution is 7.91. The van der Waals surface area contributed by atoms with Gasteiger partial charge in [0.1, 0.15) is 17.1 Å². The van der Waals surface area contributed by atoms with Gasteiger partial charge in [-0.05, 0) is 30.3 Å². The first-order chi connectivity index (χ1) is 17.8. The second-order valence-corrected chi connectivity index (χ2v) is 10.4. The van der Waals surface area contributed by atoms with Crippen LogP contribution in [0.1, 0.15) is 5.69 Å². The molecule has 0 radical (unpaired) electrons. The van der Waals surface area contributed by atoms with Crippen LogP contribution in [0.2, 0.25) is 0 Å². The maximum atomic E-state index is 13.2. The Morgan fingerprint density at radius 1 is 1.05 bits per heavy atom. The number of nitrogens with one attached hydrogen (secondary N) is 2. The number of aryl methyl sites for hydroxylation is 1. The van der Waals surface area contributed by atoms with E-state index in [-0.39, 0.29) is 9.79 Å². The summed E-state index contributed by atoms with van der Waals surface area (Å²) in [5.74, 6) is 0.567. The fraction of sp³-hybridized carbons (Fsp3) is 0.208. The number of aromatic amines is 1. The number of amidine groups is 1. The van der Waals surface area contributed by atoms with Gasteiger partial charge in [-0.25, -0.2) is 27.8 Å². The second kappa shape index (κ2) is 9.93. The van der Waals surface area contributed by atoms with E-state index in [1.165, 1.54) is 24.5 Å². The Morgan fingerprint density at radius 2 is 1.76 bits per heavy atom. The van der Waals surface area contributed by atoms with Gasteiger partial charge in [0.25, 0.3) is 0 Å². The average molecular weight is 522 g/mol. The van der Waals surface area contributed by atoms with E-state index < -0.39 is 15.7 Å². The third-order valence-corrected chi connectivity index (χ3v) is 7.78. The number of H-pyrrole nitrogens is 1. The van der Waals surface area contributed by atoms with Crippen molar-refractivity contribution in [3.63, 3.8) is 0 Å². The topological polar surface area (TPSA) is 136 Å². The van der Waals surface area contributed by atoms with Gasteiger partial charge < -0.3 is 14.8 Å². The van der Waals surface area contributed by atoms with Crippen LogP contribution in [-0.4, -0.2) is 76.4 Å². The molecule has 1 aromatic carbocycles. The van der Waals surface area contributed by atoms with Crippen LogP contribution < -0.4 is 4.90 Å². The molecule has 0 aliphatic carbocycles. The van der Waals surface area contributed by atoms with Gasteiger partial charge in [-0.15, -0.1) is 0 Å². The standard InChI is InChI=1S/C24H24FN9O2S/c1-32-15-18(12-31-32)17-10-22(27-11-17)23(30-16-26)33-6-8-34(9-7-33)24-28-13-21(14-29-24)37(35,36)20-4-2-19(25)3-5-20/h2-5,10-16,26-27H,6-9H2,1H3/b26-16?,30-23+. The molecule has 0 atom stereocenters. The first-order valence-electron chi connectivity index (χ1n) is 11.4. The summed E-state index contributed by atoms with van der Waals surface area (Å²) in [6.45, 7) is 2.37. The van der Waals surface area contributed by atoms with E-state index in [9.17, 15) is 12.8 Å². The Balaban J connectivity index is 1.27. The number of aromatic nitrogens is 5. The molecule has 0 amide bonds. The Hall–Kier alpha value is -4.39. The molecule has 37 heavy (non-hydrogen) atoms. The lowest BCUT2D eigenvalue weighted by Gasteiger charge is -2.36. The van der Waals surface area contributed by atoms with Gasteiger partial charge in [-0.2, -0.15) is 5.10 Å². The van der Waals surface area contributed by atoms with E-state index in [4.69, 9.17) is 5.41 Å². The first-order valence-corrected chi connectivity index (χ1v) is 12.9. The molecule has 1 fully saturated rings. The molecule has 0 unspecified atom stereocenters. The first kappa shape index (κ1) is 24.3. The summed E-state index contributed by atoms with van der Waals surface area (Å²) in [4.78, 5) is 20.1. The van der Waals surface area contributed by atoms with Gasteiger partial charge >= 0.3 is 0 Å². The predicted octanol–water partition coefficient (Wildman–Crippen LogP) is 2.35. The normalized spacial score (nSPS) is 14.7. The van der Waals surface area contributed by atoms with Crippen LogP contribution in [0.3, 0.4) is 0 Å². The molecule has 5 rings (SSSR count). The van der Waals surface area contributed by atoms with E-state index in [2.05, 4.69) is 29.9 Å². The van der Waals surface area contributed by atoms with Crippen molar-refractivity contribution in [1.29, 1.82) is 5.41 Å². The van der Waals surface area contributed by atoms with E-state index in [1.54, 1.807) is 10.9 Å². The zero-order valence-corrected chi connectivity index (χ0v) is 20.7. The van der Waals surface area contributed by atoms with Gasteiger partial charge in [0.2, 0.25) is 15.8 Å². The molecule has 0 saturated carbocycles. The minimum atomic E-state index is -3.84. The number of hydrogen-bond donors (Lipinski definition) is 2. The fourth-order valence-electron chi connectivity index (χ4n) is 4.12. The quantitative estimate of drug-likeness (QED) is 0.226. The summed E-state index contributed by atoms with van der Waals surface area (Å²) in [6, 6.07) is 6.62. The van der Waals surface area contributed by atoms with Crippen LogP contribution in [0.15, 0.2) is 76.1 Å². The Bertz CT molecular complexity index is 1540. The number of rotatable bonds is 6. The monoisotopic (exact) mass is 521 g/mol. The number of anilines is 1. The summed E-state index contributed by atoms with van der Waals surface area (Å²) < 4.78 is 40.5. The van der Waals surface area contributed by atoms with Crippen molar-refractivity contribution in [2.24, 2.45) is 12.0 Å². The van der Waals surface area contributed by atoms with Crippen LogP contribution in [0.25, 0.3) is 11.1 Å². The third-order valence-electron chi connectivity index (χ3n) is 6.06. The Morgan fingerprint density at radius 3 is 2.38 bits per heavy atom. The highest BCUT2D eigenvalue weighted by Crippen LogP contribution is 2.23. The van der Waals surface area contributed by atoms with Gasteiger partial charge in [0.15, 0.2) is 5.84 Å². The molecule has 190 valence electrons. The van der Waals surface area contributed by atoms with Crippen LogP contribution in [-0.2, 0) is 16.9 Å². The fourth-order valence-corrected chi connectivity index (χ4v) is 5.27. The van der Waals surface area contributed by atoms with Crippen molar-refractivity contribution in [3.8, 4) is 11.1 Å². The smallest absolute Gasteiger partial charge is 0.225 e. The van der Waals surface area contributed by atoms with E-state index in [0.717, 1.165) is 35.3 Å². The number of piperazine rings is 1. The molecule has 2 N–H and O–H groups in total. The van der Waals surface area contributed by atoms with Crippen LogP contribution in [0.4, 0.5) is 10.3 Å². The lowest BCUT2D eigenvalue weighted by molar-refractivity contribution is 0.383. The molecule has 4 heterocycles. The summed E-state index contributed by atoms with van der Waals surface area (Å²) in [5, 5.41) is 11.7. The Labute approximate surface area is 212 Å². The highest BCUT2D eigenvalue weighted by Gasteiger charge is 2.25. The largest absolute Gasteiger partial charge is 0.358 e. The van der Waals surface area contributed by atoms with Crippen molar-refractivity contribution in [2.45, 2.75) is 9.79 Å². The number of aliphatic imine (C=N–C) groups is 1. The summed E-state index contributed by atoms with van der Waals surface area (Å²) in [6.07, 6.45) is 9.17. The van der Waals surface area contributed by atoms with Crippen molar-refractivity contribution >= 4 is 28.0 Å². The van der Waals surface area contributed by atoms with E-state index in [0.29, 0.717) is 38.0 Å². The lowest BCUT2D eigenvalue weighted by Crippen LogP contribution is -2.49. The Kier molecular flexibility index (Phi) is 6.53. The van der Waals surface area contributed by atoms with Gasteiger partial charge in [0.05, 0.1) is 29.2 Å². The molecular weight excluding hydrogens is 497 g/mol. The third kappa shape index (κ3) is 4.98. The second-order valence-electron chi connectivity index (χ2n) is 8.44. The van der Waals surface area contributed by atoms with Crippen LogP contribution in [0, 0.1) is 11.2 Å². The number of hydrogen-bond acceptors (Lipinski definition) is 7. The van der Waals surface area contributed by atoms with Crippen molar-refractivity contribution in [3.05, 3.63) is 72.8 Å². The minimum Gasteiger partial charge on any atom is -0.358 e. The van der Waals surface area contributed by atoms with E-state index in [1.807, 2.05) is 30.4 Å². The maximum Gasteiger partial charge on any atom is 0.225 e. The van der Waals surface area contributed by atoms with Crippen LogP contribution in [0.5, 0.6) is 0 Å². The zero-order valence-electron chi connectivity index (χ0n) is 19.9. The number of benzene rings is 1. The molecule has 3 aromatic heterocycles. The maximum absolute atomic E-state index is 13.2. The molecule has 1 aliphatic heterocycles. The van der Waals surface area contributed by atoms with Gasteiger partial charge in [0, 0.05) is 56.7 Å². The predicted molar refractivity (Wildman–Crippen MR) is 136 cm³/mol. The van der Waals surface area contributed by atoms with Gasteiger partial charge in [-0.1, -0.05) is 0 Å². The number of nitrogens with zero attached hydrogens (tertiary/aromatic N) is 7. The minimum absolute atomic E-state index is 0.0205. The van der Waals surface area contributed by atoms with Crippen molar-refractivity contribution in [1.82, 2.24) is 29.6 Å². The SMILES string of the molecule is Cn1cc(-c2c[nH]c(/C(=N\C=N)N3CCN(c4ncc(S(=O)(=O)c5ccc(F)cc5)cn4)CC3)c2)cn1. The molecule has 13 heteroatoms. The molecule has 0 bridgehead atoms. The molecular formula is C24H24FN9O2S. The van der Waals surface area contributed by atoms with Crippen molar-refractivity contribution in [2.75, 3.05) is 31.1 Å². The molecule has 4 aromatic rings. The highest BCUT2D eigenvalue weighted by atomic mass is 32.2.